The van der Waals surface area contributed by atoms with Gasteiger partial charge >= 0.3 is 0 Å². The van der Waals surface area contributed by atoms with Crippen LogP contribution in [0.2, 0.25) is 0 Å². The van der Waals surface area contributed by atoms with Gasteiger partial charge in [-0.05, 0) is 49.9 Å². The highest BCUT2D eigenvalue weighted by atomic mass is 16.2. The van der Waals surface area contributed by atoms with E-state index in [9.17, 15) is 14.4 Å². The Morgan fingerprint density at radius 3 is 2.58 bits per heavy atom. The van der Waals surface area contributed by atoms with Crippen LogP contribution in [0.3, 0.4) is 0 Å². The summed E-state index contributed by atoms with van der Waals surface area (Å²) in [6.07, 6.45) is 4.55. The molecule has 0 unspecified atom stereocenters. The summed E-state index contributed by atoms with van der Waals surface area (Å²) in [5.41, 5.74) is 1.46. The quantitative estimate of drug-likeness (QED) is 0.901. The molecule has 2 fully saturated rings. The van der Waals surface area contributed by atoms with Crippen LogP contribution < -0.4 is 10.2 Å². The predicted molar refractivity (Wildman–Crippen MR) is 101 cm³/mol. The molecule has 26 heavy (non-hydrogen) atoms. The van der Waals surface area contributed by atoms with Gasteiger partial charge in [0.1, 0.15) is 0 Å². The number of benzene rings is 1. The number of piperidine rings is 1. The minimum absolute atomic E-state index is 0.0133. The first-order valence-electron chi connectivity index (χ1n) is 9.48. The number of rotatable bonds is 4. The van der Waals surface area contributed by atoms with E-state index in [4.69, 9.17) is 0 Å². The molecule has 2 aliphatic rings. The summed E-state index contributed by atoms with van der Waals surface area (Å²) >= 11 is 0. The van der Waals surface area contributed by atoms with E-state index in [-0.39, 0.29) is 30.1 Å². The highest BCUT2D eigenvalue weighted by molar-refractivity contribution is 6.00. The van der Waals surface area contributed by atoms with E-state index in [1.807, 2.05) is 17.0 Å². The van der Waals surface area contributed by atoms with Gasteiger partial charge in [-0.25, -0.2) is 0 Å². The van der Waals surface area contributed by atoms with Crippen molar-refractivity contribution >= 4 is 29.1 Å². The lowest BCUT2D eigenvalue weighted by Crippen LogP contribution is -2.46. The molecule has 3 amide bonds. The summed E-state index contributed by atoms with van der Waals surface area (Å²) in [6, 6.07) is 7.49. The van der Waals surface area contributed by atoms with Crippen LogP contribution in [0.15, 0.2) is 24.3 Å². The van der Waals surface area contributed by atoms with E-state index in [1.165, 1.54) is 13.3 Å². The van der Waals surface area contributed by atoms with Gasteiger partial charge in [0.15, 0.2) is 0 Å². The van der Waals surface area contributed by atoms with Crippen LogP contribution in [0.1, 0.15) is 46.0 Å². The highest BCUT2D eigenvalue weighted by Gasteiger charge is 2.39. The molecule has 1 aromatic rings. The molecule has 3 rings (SSSR count). The maximum absolute atomic E-state index is 13.0. The van der Waals surface area contributed by atoms with Crippen LogP contribution in [0.25, 0.3) is 0 Å². The molecule has 6 nitrogen and oxygen atoms in total. The summed E-state index contributed by atoms with van der Waals surface area (Å²) in [5.74, 6) is -0.278. The molecular weight excluding hydrogens is 330 g/mol. The third kappa shape index (κ3) is 3.89. The molecule has 0 spiro atoms. The van der Waals surface area contributed by atoms with E-state index in [1.54, 1.807) is 17.0 Å². The lowest BCUT2D eigenvalue weighted by molar-refractivity contribution is -0.139. The SMILES string of the molecule is CC[C@H]1CCCCN1C(=O)[C@@H]1CC(=O)N(c2ccc(NC(C)=O)cc2)C1. The standard InChI is InChI=1S/C20H27N3O3/c1-3-17-6-4-5-11-22(17)20(26)15-12-19(25)23(13-15)18-9-7-16(8-10-18)21-14(2)24/h7-10,15,17H,3-6,11-13H2,1-2H3,(H,21,24)/t15-,17+/m1/s1. The van der Waals surface area contributed by atoms with Crippen LogP contribution in [0, 0.1) is 5.92 Å². The predicted octanol–water partition coefficient (Wildman–Crippen LogP) is 2.79. The van der Waals surface area contributed by atoms with E-state index in [0.29, 0.717) is 18.3 Å². The van der Waals surface area contributed by atoms with Crippen molar-refractivity contribution in [2.75, 3.05) is 23.3 Å². The maximum atomic E-state index is 13.0. The summed E-state index contributed by atoms with van der Waals surface area (Å²) in [4.78, 5) is 40.2. The van der Waals surface area contributed by atoms with E-state index < -0.39 is 0 Å². The molecule has 140 valence electrons. The molecule has 0 bridgehead atoms. The second-order valence-electron chi connectivity index (χ2n) is 7.22. The van der Waals surface area contributed by atoms with Crippen molar-refractivity contribution in [1.29, 1.82) is 0 Å². The molecule has 0 aromatic heterocycles. The number of nitrogens with zero attached hydrogens (tertiary/aromatic N) is 2. The summed E-state index contributed by atoms with van der Waals surface area (Å²) in [5, 5.41) is 2.71. The number of carbonyl (C=O) groups excluding carboxylic acids is 3. The molecule has 0 aliphatic carbocycles. The van der Waals surface area contributed by atoms with Crippen molar-refractivity contribution in [3.63, 3.8) is 0 Å². The number of likely N-dealkylation sites (tertiary alicyclic amines) is 1. The third-order valence-corrected chi connectivity index (χ3v) is 5.36. The Morgan fingerprint density at radius 1 is 1.19 bits per heavy atom. The van der Waals surface area contributed by atoms with Gasteiger partial charge in [-0.15, -0.1) is 0 Å². The zero-order chi connectivity index (χ0) is 18.7. The number of hydrogen-bond acceptors (Lipinski definition) is 3. The molecule has 1 aromatic carbocycles. The molecule has 6 heteroatoms. The lowest BCUT2D eigenvalue weighted by atomic mass is 9.97. The average Bonchev–Trinajstić information content (AvgIpc) is 3.03. The fraction of sp³-hybridized carbons (Fsp3) is 0.550. The second-order valence-corrected chi connectivity index (χ2v) is 7.22. The Balaban J connectivity index is 1.68. The summed E-state index contributed by atoms with van der Waals surface area (Å²) in [6.45, 7) is 4.83. The minimum atomic E-state index is -0.260. The smallest absolute Gasteiger partial charge is 0.228 e. The lowest BCUT2D eigenvalue weighted by Gasteiger charge is -2.36. The van der Waals surface area contributed by atoms with Crippen molar-refractivity contribution < 1.29 is 14.4 Å². The fourth-order valence-electron chi connectivity index (χ4n) is 4.00. The summed E-state index contributed by atoms with van der Waals surface area (Å²) < 4.78 is 0. The first-order chi connectivity index (χ1) is 12.5. The van der Waals surface area contributed by atoms with Gasteiger partial charge in [0.2, 0.25) is 17.7 Å². The molecule has 2 heterocycles. The van der Waals surface area contributed by atoms with Gasteiger partial charge in [-0.2, -0.15) is 0 Å². The van der Waals surface area contributed by atoms with Crippen molar-refractivity contribution in [1.82, 2.24) is 4.90 Å². The molecule has 0 saturated carbocycles. The maximum Gasteiger partial charge on any atom is 0.228 e. The molecule has 2 atom stereocenters. The number of hydrogen-bond donors (Lipinski definition) is 1. The number of nitrogens with one attached hydrogen (secondary N) is 1. The Kier molecular flexibility index (Phi) is 5.59. The molecule has 0 radical (unpaired) electrons. The Bertz CT molecular complexity index is 686. The highest BCUT2D eigenvalue weighted by Crippen LogP contribution is 2.29. The first kappa shape index (κ1) is 18.4. The molecule has 1 N–H and O–H groups in total. The van der Waals surface area contributed by atoms with Crippen molar-refractivity contribution in [2.24, 2.45) is 5.92 Å². The van der Waals surface area contributed by atoms with Gasteiger partial charge in [0.05, 0.1) is 5.92 Å². The zero-order valence-corrected chi connectivity index (χ0v) is 15.5. The number of amides is 3. The Morgan fingerprint density at radius 2 is 1.92 bits per heavy atom. The van der Waals surface area contributed by atoms with Crippen LogP contribution >= 0.6 is 0 Å². The monoisotopic (exact) mass is 357 g/mol. The molecule has 2 saturated heterocycles. The number of carbonyl (C=O) groups is 3. The van der Waals surface area contributed by atoms with Gasteiger partial charge in [-0.1, -0.05) is 6.92 Å². The van der Waals surface area contributed by atoms with Crippen molar-refractivity contribution in [2.45, 2.75) is 52.0 Å². The Hall–Kier alpha value is -2.37. The van der Waals surface area contributed by atoms with Gasteiger partial charge < -0.3 is 15.1 Å². The largest absolute Gasteiger partial charge is 0.339 e. The number of anilines is 2. The first-order valence-corrected chi connectivity index (χ1v) is 9.48. The topological polar surface area (TPSA) is 69.7 Å². The zero-order valence-electron chi connectivity index (χ0n) is 15.5. The normalized spacial score (nSPS) is 23.2. The minimum Gasteiger partial charge on any atom is -0.339 e. The van der Waals surface area contributed by atoms with Crippen LogP contribution in [0.5, 0.6) is 0 Å². The van der Waals surface area contributed by atoms with Crippen molar-refractivity contribution in [3.8, 4) is 0 Å². The third-order valence-electron chi connectivity index (χ3n) is 5.36. The Labute approximate surface area is 154 Å². The van der Waals surface area contributed by atoms with Crippen LogP contribution in [-0.2, 0) is 14.4 Å². The van der Waals surface area contributed by atoms with Crippen molar-refractivity contribution in [3.05, 3.63) is 24.3 Å². The van der Waals surface area contributed by atoms with Gasteiger partial charge in [0, 0.05) is 43.9 Å². The van der Waals surface area contributed by atoms with Crippen LogP contribution in [-0.4, -0.2) is 41.8 Å². The van der Waals surface area contributed by atoms with Crippen LogP contribution in [0.4, 0.5) is 11.4 Å². The summed E-state index contributed by atoms with van der Waals surface area (Å²) in [7, 11) is 0. The van der Waals surface area contributed by atoms with E-state index in [0.717, 1.165) is 31.5 Å². The fourth-order valence-corrected chi connectivity index (χ4v) is 4.00. The van der Waals surface area contributed by atoms with E-state index in [2.05, 4.69) is 12.2 Å². The van der Waals surface area contributed by atoms with E-state index >= 15 is 0 Å². The molecule has 2 aliphatic heterocycles. The van der Waals surface area contributed by atoms with Gasteiger partial charge in [-0.3, -0.25) is 14.4 Å². The van der Waals surface area contributed by atoms with Gasteiger partial charge in [0.25, 0.3) is 0 Å². The average molecular weight is 357 g/mol. The second kappa shape index (κ2) is 7.89. The molecular formula is C20H27N3O3.